The van der Waals surface area contributed by atoms with Crippen molar-refractivity contribution in [1.29, 1.82) is 0 Å². The van der Waals surface area contributed by atoms with E-state index >= 15 is 0 Å². The lowest BCUT2D eigenvalue weighted by Crippen LogP contribution is -2.51. The molecule has 0 bridgehead atoms. The van der Waals surface area contributed by atoms with Crippen LogP contribution in [0.5, 0.6) is 0 Å². The average molecular weight is 366 g/mol. The van der Waals surface area contributed by atoms with Gasteiger partial charge in [-0.15, -0.1) is 11.3 Å². The Balaban J connectivity index is 1.78. The Labute approximate surface area is 148 Å². The third kappa shape index (κ3) is 3.72. The Morgan fingerprint density at radius 1 is 1.21 bits per heavy atom. The Morgan fingerprint density at radius 3 is 2.62 bits per heavy atom. The number of sulfonamides is 1. The van der Waals surface area contributed by atoms with Crippen LogP contribution in [0.1, 0.15) is 24.3 Å². The van der Waals surface area contributed by atoms with Crippen molar-refractivity contribution in [3.63, 3.8) is 0 Å². The summed E-state index contributed by atoms with van der Waals surface area (Å²) in [4.78, 5) is 1.09. The zero-order valence-electron chi connectivity index (χ0n) is 14.0. The van der Waals surface area contributed by atoms with Crippen molar-refractivity contribution in [2.75, 3.05) is 13.2 Å². The highest BCUT2D eigenvalue weighted by molar-refractivity contribution is 7.91. The SMILES string of the molecule is CCc1ccc(S(=O)(=O)N2CC(Cc3ccccc3)OCC2C)s1. The third-order valence-electron chi connectivity index (χ3n) is 4.30. The van der Waals surface area contributed by atoms with Gasteiger partial charge in [0.05, 0.1) is 12.7 Å². The van der Waals surface area contributed by atoms with Gasteiger partial charge in [0, 0.05) is 17.5 Å². The van der Waals surface area contributed by atoms with Crippen molar-refractivity contribution in [2.24, 2.45) is 0 Å². The summed E-state index contributed by atoms with van der Waals surface area (Å²) in [5.74, 6) is 0. The fourth-order valence-corrected chi connectivity index (χ4v) is 6.00. The maximum atomic E-state index is 13.0. The van der Waals surface area contributed by atoms with E-state index < -0.39 is 10.0 Å². The lowest BCUT2D eigenvalue weighted by molar-refractivity contribution is -0.0264. The summed E-state index contributed by atoms with van der Waals surface area (Å²) in [5.41, 5.74) is 1.17. The molecule has 2 unspecified atom stereocenters. The van der Waals surface area contributed by atoms with Crippen molar-refractivity contribution in [2.45, 2.75) is 43.0 Å². The second kappa shape index (κ2) is 7.35. The molecule has 1 aliphatic rings. The largest absolute Gasteiger partial charge is 0.375 e. The molecule has 1 fully saturated rings. The van der Waals surface area contributed by atoms with Gasteiger partial charge in [0.25, 0.3) is 10.0 Å². The summed E-state index contributed by atoms with van der Waals surface area (Å²) < 4.78 is 33.9. The molecule has 1 aromatic heterocycles. The molecule has 1 saturated heterocycles. The van der Waals surface area contributed by atoms with E-state index in [4.69, 9.17) is 4.74 Å². The topological polar surface area (TPSA) is 46.6 Å². The van der Waals surface area contributed by atoms with Gasteiger partial charge < -0.3 is 4.74 Å². The number of morpholine rings is 1. The second-order valence-electron chi connectivity index (χ2n) is 6.14. The van der Waals surface area contributed by atoms with E-state index in [0.29, 0.717) is 17.4 Å². The first-order valence-electron chi connectivity index (χ1n) is 8.26. The summed E-state index contributed by atoms with van der Waals surface area (Å²) in [6.07, 6.45) is 1.48. The molecule has 0 saturated carbocycles. The number of aryl methyl sites for hydroxylation is 1. The average Bonchev–Trinajstić information content (AvgIpc) is 3.07. The smallest absolute Gasteiger partial charge is 0.252 e. The number of rotatable bonds is 5. The molecule has 24 heavy (non-hydrogen) atoms. The molecule has 0 amide bonds. The zero-order valence-corrected chi connectivity index (χ0v) is 15.6. The van der Waals surface area contributed by atoms with E-state index in [2.05, 4.69) is 0 Å². The summed E-state index contributed by atoms with van der Waals surface area (Å²) in [7, 11) is -3.45. The molecule has 2 atom stereocenters. The van der Waals surface area contributed by atoms with E-state index in [1.165, 1.54) is 16.9 Å². The van der Waals surface area contributed by atoms with Crippen LogP contribution < -0.4 is 0 Å². The second-order valence-corrected chi connectivity index (χ2v) is 9.43. The van der Waals surface area contributed by atoms with Gasteiger partial charge in [0.15, 0.2) is 0 Å². The van der Waals surface area contributed by atoms with Crippen molar-refractivity contribution < 1.29 is 13.2 Å². The molecular weight excluding hydrogens is 342 g/mol. The molecular formula is C18H23NO3S2. The Kier molecular flexibility index (Phi) is 5.39. The number of nitrogens with zero attached hydrogens (tertiary/aromatic N) is 1. The van der Waals surface area contributed by atoms with Crippen LogP contribution in [0.2, 0.25) is 0 Å². The summed E-state index contributed by atoms with van der Waals surface area (Å²) in [6, 6.07) is 13.6. The van der Waals surface area contributed by atoms with E-state index in [1.807, 2.05) is 50.2 Å². The number of hydrogen-bond acceptors (Lipinski definition) is 4. The fourth-order valence-electron chi connectivity index (χ4n) is 2.93. The quantitative estimate of drug-likeness (QED) is 0.816. The van der Waals surface area contributed by atoms with E-state index in [9.17, 15) is 8.42 Å². The lowest BCUT2D eigenvalue weighted by atomic mass is 10.1. The summed E-state index contributed by atoms with van der Waals surface area (Å²) >= 11 is 1.37. The zero-order chi connectivity index (χ0) is 17.2. The predicted octanol–water partition coefficient (Wildman–Crippen LogP) is 3.33. The molecule has 2 aromatic rings. The van der Waals surface area contributed by atoms with Crippen LogP contribution in [0.15, 0.2) is 46.7 Å². The maximum absolute atomic E-state index is 13.0. The minimum absolute atomic E-state index is 0.107. The van der Waals surface area contributed by atoms with Gasteiger partial charge in [0.1, 0.15) is 4.21 Å². The molecule has 130 valence electrons. The first kappa shape index (κ1) is 17.6. The molecule has 0 radical (unpaired) electrons. The Morgan fingerprint density at radius 2 is 1.96 bits per heavy atom. The number of thiophene rings is 1. The highest BCUT2D eigenvalue weighted by Gasteiger charge is 2.36. The molecule has 3 rings (SSSR count). The molecule has 1 aliphatic heterocycles. The standard InChI is InChI=1S/C18H23NO3S2/c1-3-17-9-10-18(23-17)24(20,21)19-12-16(22-13-14(19)2)11-15-7-5-4-6-8-15/h4-10,14,16H,3,11-13H2,1-2H3. The number of benzene rings is 1. The van der Waals surface area contributed by atoms with Gasteiger partial charge in [-0.3, -0.25) is 0 Å². The normalized spacial score (nSPS) is 22.6. The van der Waals surface area contributed by atoms with Gasteiger partial charge in [-0.1, -0.05) is 37.3 Å². The van der Waals surface area contributed by atoms with Gasteiger partial charge in [-0.2, -0.15) is 4.31 Å². The van der Waals surface area contributed by atoms with Gasteiger partial charge in [-0.05, 0) is 37.5 Å². The molecule has 1 aromatic carbocycles. The van der Waals surface area contributed by atoms with Crippen molar-refractivity contribution >= 4 is 21.4 Å². The van der Waals surface area contributed by atoms with Crippen LogP contribution in [0.4, 0.5) is 0 Å². The summed E-state index contributed by atoms with van der Waals surface area (Å²) in [5, 5.41) is 0. The fraction of sp³-hybridized carbons (Fsp3) is 0.444. The highest BCUT2D eigenvalue weighted by Crippen LogP contribution is 2.29. The van der Waals surface area contributed by atoms with Crippen LogP contribution in [0, 0.1) is 0 Å². The minimum atomic E-state index is -3.45. The van der Waals surface area contributed by atoms with Crippen LogP contribution >= 0.6 is 11.3 Å². The van der Waals surface area contributed by atoms with E-state index in [1.54, 1.807) is 10.4 Å². The molecule has 0 N–H and O–H groups in total. The van der Waals surface area contributed by atoms with Crippen LogP contribution in [-0.2, 0) is 27.6 Å². The van der Waals surface area contributed by atoms with Crippen LogP contribution in [0.3, 0.4) is 0 Å². The highest BCUT2D eigenvalue weighted by atomic mass is 32.2. The molecule has 2 heterocycles. The third-order valence-corrected chi connectivity index (χ3v) is 7.98. The number of hydrogen-bond donors (Lipinski definition) is 0. The first-order chi connectivity index (χ1) is 11.5. The van der Waals surface area contributed by atoms with Crippen LogP contribution in [-0.4, -0.2) is 38.0 Å². The Hall–Kier alpha value is -1.21. The molecule has 4 nitrogen and oxygen atoms in total. The molecule has 0 spiro atoms. The maximum Gasteiger partial charge on any atom is 0.252 e. The molecule has 0 aliphatic carbocycles. The van der Waals surface area contributed by atoms with E-state index in [0.717, 1.165) is 17.7 Å². The first-order valence-corrected chi connectivity index (χ1v) is 10.5. The lowest BCUT2D eigenvalue weighted by Gasteiger charge is -2.36. The van der Waals surface area contributed by atoms with Gasteiger partial charge >= 0.3 is 0 Å². The van der Waals surface area contributed by atoms with Crippen molar-refractivity contribution in [3.8, 4) is 0 Å². The minimum Gasteiger partial charge on any atom is -0.375 e. The number of ether oxygens (including phenoxy) is 1. The Bertz CT molecular complexity index is 771. The summed E-state index contributed by atoms with van der Waals surface area (Å²) in [6.45, 7) is 4.78. The monoisotopic (exact) mass is 365 g/mol. The van der Waals surface area contributed by atoms with Crippen molar-refractivity contribution in [1.82, 2.24) is 4.31 Å². The van der Waals surface area contributed by atoms with Gasteiger partial charge in [-0.25, -0.2) is 8.42 Å². The van der Waals surface area contributed by atoms with Crippen LogP contribution in [0.25, 0.3) is 0 Å². The van der Waals surface area contributed by atoms with Gasteiger partial charge in [0.2, 0.25) is 0 Å². The van der Waals surface area contributed by atoms with Crippen molar-refractivity contribution in [3.05, 3.63) is 52.9 Å². The molecule has 6 heteroatoms. The van der Waals surface area contributed by atoms with E-state index in [-0.39, 0.29) is 12.1 Å². The predicted molar refractivity (Wildman–Crippen MR) is 96.9 cm³/mol.